The van der Waals surface area contributed by atoms with E-state index in [1.165, 1.54) is 11.1 Å². The average molecular weight is 212 g/mol. The molecule has 1 aromatic rings. The van der Waals surface area contributed by atoms with Gasteiger partial charge in [-0.15, -0.1) is 12.6 Å². The fourth-order valence-corrected chi connectivity index (χ4v) is 1.08. The zero-order chi connectivity index (χ0) is 11.6. The van der Waals surface area contributed by atoms with Gasteiger partial charge in [0, 0.05) is 4.90 Å². The number of hydrogen-bond donors (Lipinski definition) is 1. The molecule has 0 radical (unpaired) electrons. The first-order valence-electron chi connectivity index (χ1n) is 5.52. The van der Waals surface area contributed by atoms with Gasteiger partial charge in [-0.05, 0) is 30.5 Å². The van der Waals surface area contributed by atoms with Gasteiger partial charge in [0.05, 0.1) is 0 Å². The smallest absolute Gasteiger partial charge is 0.00694 e. The standard InChI is InChI=1S/C9H12S.2C2H6/c1-3-8-4-5-9(10)7(2)6-8;2*1-2/h4-6,10H,3H2,1-2H3;2*1-2H3. The van der Waals surface area contributed by atoms with E-state index in [0.29, 0.717) is 0 Å². The molecular formula is C13H24S. The quantitative estimate of drug-likeness (QED) is 0.629. The van der Waals surface area contributed by atoms with Crippen molar-refractivity contribution in [3.63, 3.8) is 0 Å². The summed E-state index contributed by atoms with van der Waals surface area (Å²) in [6.07, 6.45) is 1.11. The van der Waals surface area contributed by atoms with E-state index in [4.69, 9.17) is 0 Å². The summed E-state index contributed by atoms with van der Waals surface area (Å²) in [6, 6.07) is 6.36. The molecule has 0 saturated heterocycles. The maximum absolute atomic E-state index is 4.28. The van der Waals surface area contributed by atoms with Crippen molar-refractivity contribution in [1.82, 2.24) is 0 Å². The van der Waals surface area contributed by atoms with Crippen LogP contribution in [-0.2, 0) is 6.42 Å². The van der Waals surface area contributed by atoms with Crippen molar-refractivity contribution in [1.29, 1.82) is 0 Å². The van der Waals surface area contributed by atoms with Crippen LogP contribution in [-0.4, -0.2) is 0 Å². The van der Waals surface area contributed by atoms with Crippen molar-refractivity contribution in [2.24, 2.45) is 0 Å². The van der Waals surface area contributed by atoms with E-state index in [2.05, 4.69) is 44.7 Å². The molecule has 0 aliphatic heterocycles. The van der Waals surface area contributed by atoms with Crippen LogP contribution in [0, 0.1) is 6.92 Å². The number of rotatable bonds is 1. The summed E-state index contributed by atoms with van der Waals surface area (Å²) in [5.41, 5.74) is 2.65. The van der Waals surface area contributed by atoms with Gasteiger partial charge in [-0.1, -0.05) is 46.8 Å². The van der Waals surface area contributed by atoms with E-state index in [9.17, 15) is 0 Å². The van der Waals surface area contributed by atoms with Gasteiger partial charge in [0.1, 0.15) is 0 Å². The maximum Gasteiger partial charge on any atom is 0.00694 e. The minimum Gasteiger partial charge on any atom is -0.143 e. The Morgan fingerprint density at radius 3 is 1.93 bits per heavy atom. The topological polar surface area (TPSA) is 0 Å². The largest absolute Gasteiger partial charge is 0.143 e. The summed E-state index contributed by atoms with van der Waals surface area (Å²) in [6.45, 7) is 12.2. The van der Waals surface area contributed by atoms with Gasteiger partial charge in [-0.3, -0.25) is 0 Å². The molecule has 1 aromatic carbocycles. The van der Waals surface area contributed by atoms with Crippen LogP contribution in [0.15, 0.2) is 23.1 Å². The zero-order valence-corrected chi connectivity index (χ0v) is 11.3. The Morgan fingerprint density at radius 1 is 1.07 bits per heavy atom. The third kappa shape index (κ3) is 6.09. The van der Waals surface area contributed by atoms with Gasteiger partial charge >= 0.3 is 0 Å². The first kappa shape index (κ1) is 16.0. The third-order valence-electron chi connectivity index (χ3n) is 1.67. The molecule has 0 heterocycles. The fourth-order valence-electron chi connectivity index (χ4n) is 0.937. The Morgan fingerprint density at radius 2 is 1.57 bits per heavy atom. The highest BCUT2D eigenvalue weighted by Gasteiger charge is 1.92. The van der Waals surface area contributed by atoms with Gasteiger partial charge in [0.25, 0.3) is 0 Å². The normalized spacial score (nSPS) is 7.93. The summed E-state index contributed by atoms with van der Waals surface area (Å²) in [7, 11) is 0. The molecule has 0 aromatic heterocycles. The van der Waals surface area contributed by atoms with E-state index < -0.39 is 0 Å². The van der Waals surface area contributed by atoms with Crippen molar-refractivity contribution in [2.75, 3.05) is 0 Å². The Hall–Kier alpha value is -0.430. The molecule has 0 fully saturated rings. The van der Waals surface area contributed by atoms with Crippen molar-refractivity contribution in [3.05, 3.63) is 29.3 Å². The molecule has 0 spiro atoms. The maximum atomic E-state index is 4.28. The molecule has 0 aliphatic rings. The van der Waals surface area contributed by atoms with Crippen LogP contribution in [0.3, 0.4) is 0 Å². The first-order valence-corrected chi connectivity index (χ1v) is 5.97. The summed E-state index contributed by atoms with van der Waals surface area (Å²) in [5, 5.41) is 0. The molecule has 14 heavy (non-hydrogen) atoms. The summed E-state index contributed by atoms with van der Waals surface area (Å²) < 4.78 is 0. The van der Waals surface area contributed by atoms with Crippen molar-refractivity contribution in [3.8, 4) is 0 Å². The van der Waals surface area contributed by atoms with Gasteiger partial charge in [-0.25, -0.2) is 0 Å². The second-order valence-corrected chi connectivity index (χ2v) is 2.96. The summed E-state index contributed by atoms with van der Waals surface area (Å²) in [4.78, 5) is 1.08. The molecular weight excluding hydrogens is 188 g/mol. The molecule has 82 valence electrons. The molecule has 0 N–H and O–H groups in total. The monoisotopic (exact) mass is 212 g/mol. The van der Waals surface area contributed by atoms with Crippen LogP contribution in [0.5, 0.6) is 0 Å². The van der Waals surface area contributed by atoms with Crippen LogP contribution in [0.2, 0.25) is 0 Å². The molecule has 0 amide bonds. The Bertz CT molecular complexity index is 229. The Kier molecular flexibility index (Phi) is 12.2. The average Bonchev–Trinajstić information content (AvgIpc) is 2.28. The summed E-state index contributed by atoms with van der Waals surface area (Å²) in [5.74, 6) is 0. The number of aryl methyl sites for hydroxylation is 2. The second-order valence-electron chi connectivity index (χ2n) is 2.47. The predicted octanol–water partition coefficient (Wildman–Crippen LogP) is 4.90. The van der Waals surface area contributed by atoms with E-state index in [1.807, 2.05) is 27.7 Å². The van der Waals surface area contributed by atoms with E-state index in [1.54, 1.807) is 0 Å². The van der Waals surface area contributed by atoms with Gasteiger partial charge in [-0.2, -0.15) is 0 Å². The first-order chi connectivity index (χ1) is 6.74. The lowest BCUT2D eigenvalue weighted by molar-refractivity contribution is 1.11. The van der Waals surface area contributed by atoms with Gasteiger partial charge in [0.15, 0.2) is 0 Å². The molecule has 0 aliphatic carbocycles. The molecule has 0 atom stereocenters. The minimum atomic E-state index is 1.08. The van der Waals surface area contributed by atoms with Crippen LogP contribution >= 0.6 is 12.6 Å². The minimum absolute atomic E-state index is 1.08. The van der Waals surface area contributed by atoms with E-state index in [0.717, 1.165) is 11.3 Å². The van der Waals surface area contributed by atoms with Gasteiger partial charge in [0.2, 0.25) is 0 Å². The molecule has 1 heteroatoms. The molecule has 0 unspecified atom stereocenters. The fraction of sp³-hybridized carbons (Fsp3) is 0.538. The highest BCUT2D eigenvalue weighted by molar-refractivity contribution is 7.80. The van der Waals surface area contributed by atoms with Crippen molar-refractivity contribution in [2.45, 2.75) is 52.9 Å². The lowest BCUT2D eigenvalue weighted by Gasteiger charge is -2.00. The molecule has 1 rings (SSSR count). The highest BCUT2D eigenvalue weighted by Crippen LogP contribution is 2.14. The Balaban J connectivity index is 0. The molecule has 0 saturated carbocycles. The van der Waals surface area contributed by atoms with E-state index in [-0.39, 0.29) is 0 Å². The van der Waals surface area contributed by atoms with Crippen LogP contribution in [0.4, 0.5) is 0 Å². The number of benzene rings is 1. The van der Waals surface area contributed by atoms with Crippen molar-refractivity contribution >= 4 is 12.6 Å². The van der Waals surface area contributed by atoms with Gasteiger partial charge < -0.3 is 0 Å². The van der Waals surface area contributed by atoms with Crippen LogP contribution in [0.25, 0.3) is 0 Å². The highest BCUT2D eigenvalue weighted by atomic mass is 32.1. The molecule has 0 nitrogen and oxygen atoms in total. The molecule has 0 bridgehead atoms. The summed E-state index contributed by atoms with van der Waals surface area (Å²) >= 11 is 4.28. The SMILES string of the molecule is CC.CC.CCc1ccc(S)c(C)c1. The van der Waals surface area contributed by atoms with E-state index >= 15 is 0 Å². The zero-order valence-electron chi connectivity index (χ0n) is 10.4. The lowest BCUT2D eigenvalue weighted by Crippen LogP contribution is -1.82. The number of thiol groups is 1. The number of hydrogen-bond acceptors (Lipinski definition) is 1. The Labute approximate surface area is 95.2 Å². The van der Waals surface area contributed by atoms with Crippen LogP contribution < -0.4 is 0 Å². The van der Waals surface area contributed by atoms with Crippen LogP contribution in [0.1, 0.15) is 45.7 Å². The lowest BCUT2D eigenvalue weighted by atomic mass is 10.1. The predicted molar refractivity (Wildman–Crippen MR) is 70.5 cm³/mol. The van der Waals surface area contributed by atoms with Crippen molar-refractivity contribution < 1.29 is 0 Å². The third-order valence-corrected chi connectivity index (χ3v) is 2.17. The second kappa shape index (κ2) is 10.6.